The standard InChI is InChI=1S/C18H20N2O4S/c21-18(14-24-17-6-2-1-3-7-17)19-15-8-10-16(11-9-15)20-12-4-5-13-25(20,22)23/h1-3,6-11H,4-5,12-14H2,(H,19,21). The first-order valence-electron chi connectivity index (χ1n) is 8.13. The van der Waals surface area contributed by atoms with Crippen LogP contribution in [0, 0.1) is 0 Å². The van der Waals surface area contributed by atoms with Gasteiger partial charge in [0, 0.05) is 12.2 Å². The van der Waals surface area contributed by atoms with E-state index in [1.165, 1.54) is 4.31 Å². The van der Waals surface area contributed by atoms with E-state index in [-0.39, 0.29) is 18.3 Å². The van der Waals surface area contributed by atoms with Gasteiger partial charge in [0.15, 0.2) is 6.61 Å². The Morgan fingerprint density at radius 1 is 1.04 bits per heavy atom. The summed E-state index contributed by atoms with van der Waals surface area (Å²) in [6.45, 7) is 0.408. The van der Waals surface area contributed by atoms with E-state index in [2.05, 4.69) is 5.32 Å². The predicted octanol–water partition coefficient (Wildman–Crippen LogP) is 2.63. The maximum absolute atomic E-state index is 12.1. The van der Waals surface area contributed by atoms with Gasteiger partial charge in [-0.05, 0) is 49.2 Å². The molecule has 0 aliphatic carbocycles. The van der Waals surface area contributed by atoms with E-state index >= 15 is 0 Å². The van der Waals surface area contributed by atoms with Gasteiger partial charge < -0.3 is 10.1 Å². The highest BCUT2D eigenvalue weighted by atomic mass is 32.2. The molecule has 1 amide bonds. The van der Waals surface area contributed by atoms with Crippen molar-refractivity contribution in [3.8, 4) is 5.75 Å². The van der Waals surface area contributed by atoms with Gasteiger partial charge in [0.25, 0.3) is 5.91 Å². The van der Waals surface area contributed by atoms with Crippen molar-refractivity contribution in [2.45, 2.75) is 12.8 Å². The first kappa shape index (κ1) is 17.3. The van der Waals surface area contributed by atoms with Crippen molar-refractivity contribution in [1.29, 1.82) is 0 Å². The Labute approximate surface area is 147 Å². The summed E-state index contributed by atoms with van der Waals surface area (Å²) in [4.78, 5) is 11.9. The largest absolute Gasteiger partial charge is 0.484 e. The molecule has 0 unspecified atom stereocenters. The van der Waals surface area contributed by atoms with Crippen LogP contribution in [0.2, 0.25) is 0 Å². The van der Waals surface area contributed by atoms with Crippen LogP contribution in [0.4, 0.5) is 11.4 Å². The Morgan fingerprint density at radius 3 is 2.44 bits per heavy atom. The van der Waals surface area contributed by atoms with Gasteiger partial charge in [-0.15, -0.1) is 0 Å². The Balaban J connectivity index is 1.58. The molecule has 0 bridgehead atoms. The Kier molecular flexibility index (Phi) is 5.23. The Bertz CT molecular complexity index is 820. The van der Waals surface area contributed by atoms with E-state index in [1.54, 1.807) is 36.4 Å². The van der Waals surface area contributed by atoms with E-state index in [0.29, 0.717) is 30.1 Å². The maximum atomic E-state index is 12.1. The van der Waals surface area contributed by atoms with Crippen LogP contribution in [0.5, 0.6) is 5.75 Å². The van der Waals surface area contributed by atoms with Crippen molar-refractivity contribution in [2.75, 3.05) is 28.5 Å². The first-order valence-corrected chi connectivity index (χ1v) is 9.74. The van der Waals surface area contributed by atoms with Gasteiger partial charge in [0.1, 0.15) is 5.75 Å². The minimum absolute atomic E-state index is 0.0910. The number of nitrogens with one attached hydrogen (secondary N) is 1. The summed E-state index contributed by atoms with van der Waals surface area (Å²) in [5, 5.41) is 2.73. The van der Waals surface area contributed by atoms with Crippen LogP contribution in [0.1, 0.15) is 12.8 Å². The number of rotatable bonds is 5. The smallest absolute Gasteiger partial charge is 0.262 e. The van der Waals surface area contributed by atoms with Crippen LogP contribution < -0.4 is 14.4 Å². The highest BCUT2D eigenvalue weighted by molar-refractivity contribution is 7.92. The molecular weight excluding hydrogens is 340 g/mol. The fraction of sp³-hybridized carbons (Fsp3) is 0.278. The summed E-state index contributed by atoms with van der Waals surface area (Å²) in [6, 6.07) is 15.9. The molecule has 3 rings (SSSR count). The zero-order chi connectivity index (χ0) is 17.7. The number of amides is 1. The maximum Gasteiger partial charge on any atom is 0.262 e. The third kappa shape index (κ3) is 4.51. The fourth-order valence-electron chi connectivity index (χ4n) is 2.65. The third-order valence-corrected chi connectivity index (χ3v) is 5.77. The molecule has 7 heteroatoms. The molecule has 6 nitrogen and oxygen atoms in total. The van der Waals surface area contributed by atoms with E-state index in [1.807, 2.05) is 18.2 Å². The van der Waals surface area contributed by atoms with Crippen LogP contribution in [-0.4, -0.2) is 33.2 Å². The molecule has 0 atom stereocenters. The summed E-state index contributed by atoms with van der Waals surface area (Å²) in [6.07, 6.45) is 1.56. The number of nitrogens with zero attached hydrogens (tertiary/aromatic N) is 1. The summed E-state index contributed by atoms with van der Waals surface area (Å²) in [7, 11) is -3.23. The van der Waals surface area contributed by atoms with Gasteiger partial charge in [-0.3, -0.25) is 9.10 Å². The first-order chi connectivity index (χ1) is 12.0. The zero-order valence-electron chi connectivity index (χ0n) is 13.7. The minimum atomic E-state index is -3.23. The molecule has 1 aliphatic rings. The SMILES string of the molecule is O=C(COc1ccccc1)Nc1ccc(N2CCCCS2(=O)=O)cc1. The molecule has 0 spiro atoms. The highest BCUT2D eigenvalue weighted by Crippen LogP contribution is 2.24. The van der Waals surface area contributed by atoms with Crippen molar-refractivity contribution in [1.82, 2.24) is 0 Å². The molecule has 2 aromatic carbocycles. The molecular formula is C18H20N2O4S. The number of carbonyl (C=O) groups is 1. The van der Waals surface area contributed by atoms with Gasteiger partial charge in [-0.25, -0.2) is 8.42 Å². The van der Waals surface area contributed by atoms with Gasteiger partial charge in [0.05, 0.1) is 11.4 Å². The second-order valence-electron chi connectivity index (χ2n) is 5.79. The average Bonchev–Trinajstić information content (AvgIpc) is 2.61. The van der Waals surface area contributed by atoms with Crippen molar-refractivity contribution in [3.05, 3.63) is 54.6 Å². The van der Waals surface area contributed by atoms with Gasteiger partial charge in [-0.1, -0.05) is 18.2 Å². The molecule has 132 valence electrons. The number of carbonyl (C=O) groups excluding carboxylic acids is 1. The van der Waals surface area contributed by atoms with Crippen molar-refractivity contribution in [2.24, 2.45) is 0 Å². The molecule has 1 saturated heterocycles. The van der Waals surface area contributed by atoms with Crippen LogP contribution in [0.15, 0.2) is 54.6 Å². The molecule has 0 saturated carbocycles. The molecule has 1 heterocycles. The highest BCUT2D eigenvalue weighted by Gasteiger charge is 2.25. The van der Waals surface area contributed by atoms with E-state index in [9.17, 15) is 13.2 Å². The van der Waals surface area contributed by atoms with Crippen molar-refractivity contribution < 1.29 is 17.9 Å². The lowest BCUT2D eigenvalue weighted by molar-refractivity contribution is -0.118. The monoisotopic (exact) mass is 360 g/mol. The van der Waals surface area contributed by atoms with E-state index in [4.69, 9.17) is 4.74 Å². The fourth-order valence-corrected chi connectivity index (χ4v) is 4.29. The number of para-hydroxylation sites is 1. The second kappa shape index (κ2) is 7.57. The Morgan fingerprint density at radius 2 is 1.76 bits per heavy atom. The summed E-state index contributed by atoms with van der Waals surface area (Å²) >= 11 is 0. The van der Waals surface area contributed by atoms with E-state index in [0.717, 1.165) is 6.42 Å². The van der Waals surface area contributed by atoms with Crippen LogP contribution in [-0.2, 0) is 14.8 Å². The summed E-state index contributed by atoms with van der Waals surface area (Å²) in [5.41, 5.74) is 1.22. The molecule has 1 aliphatic heterocycles. The number of hydrogen-bond donors (Lipinski definition) is 1. The second-order valence-corrected chi connectivity index (χ2v) is 7.80. The normalized spacial score (nSPS) is 16.2. The average molecular weight is 360 g/mol. The quantitative estimate of drug-likeness (QED) is 0.889. The summed E-state index contributed by atoms with van der Waals surface area (Å²) < 4.78 is 31.0. The molecule has 1 N–H and O–H groups in total. The molecule has 2 aromatic rings. The van der Waals surface area contributed by atoms with Crippen LogP contribution >= 0.6 is 0 Å². The van der Waals surface area contributed by atoms with Gasteiger partial charge in [0.2, 0.25) is 10.0 Å². The topological polar surface area (TPSA) is 75.7 Å². The van der Waals surface area contributed by atoms with Crippen LogP contribution in [0.3, 0.4) is 0 Å². The lowest BCUT2D eigenvalue weighted by Crippen LogP contribution is -2.37. The lowest BCUT2D eigenvalue weighted by atomic mass is 10.2. The number of hydrogen-bond acceptors (Lipinski definition) is 4. The number of ether oxygens (including phenoxy) is 1. The lowest BCUT2D eigenvalue weighted by Gasteiger charge is -2.28. The number of sulfonamides is 1. The summed E-state index contributed by atoms with van der Waals surface area (Å²) in [5.74, 6) is 0.535. The number of anilines is 2. The minimum Gasteiger partial charge on any atom is -0.484 e. The van der Waals surface area contributed by atoms with Crippen LogP contribution in [0.25, 0.3) is 0 Å². The molecule has 0 radical (unpaired) electrons. The van der Waals surface area contributed by atoms with E-state index < -0.39 is 10.0 Å². The zero-order valence-corrected chi connectivity index (χ0v) is 14.5. The molecule has 25 heavy (non-hydrogen) atoms. The Hall–Kier alpha value is -2.54. The van der Waals surface area contributed by atoms with Crippen molar-refractivity contribution >= 4 is 27.3 Å². The molecule has 0 aromatic heterocycles. The van der Waals surface area contributed by atoms with Gasteiger partial charge >= 0.3 is 0 Å². The number of benzene rings is 2. The molecule has 1 fully saturated rings. The third-order valence-electron chi connectivity index (χ3n) is 3.90. The van der Waals surface area contributed by atoms with Crippen molar-refractivity contribution in [3.63, 3.8) is 0 Å². The predicted molar refractivity (Wildman–Crippen MR) is 97.4 cm³/mol. The van der Waals surface area contributed by atoms with Gasteiger partial charge in [-0.2, -0.15) is 0 Å².